The predicted octanol–water partition coefficient (Wildman–Crippen LogP) is 5.48. The maximum Gasteiger partial charge on any atom is 0.230 e. The van der Waals surface area contributed by atoms with Crippen molar-refractivity contribution in [3.63, 3.8) is 0 Å². The molecular formula is C21H21ClN2O2S. The number of carbonyl (C=O) groups is 1. The summed E-state index contributed by atoms with van der Waals surface area (Å²) in [5.41, 5.74) is 4.64. The zero-order chi connectivity index (χ0) is 19.4. The number of aromatic nitrogens is 1. The number of nitrogens with one attached hydrogen (secondary N) is 1. The number of amides is 1. The molecule has 6 heteroatoms. The van der Waals surface area contributed by atoms with Gasteiger partial charge in [0.1, 0.15) is 17.4 Å². The second-order valence-electron chi connectivity index (χ2n) is 6.48. The van der Waals surface area contributed by atoms with Crippen LogP contribution in [0.5, 0.6) is 5.75 Å². The molecule has 2 aromatic carbocycles. The van der Waals surface area contributed by atoms with Crippen molar-refractivity contribution in [1.82, 2.24) is 4.98 Å². The molecule has 4 nitrogen and oxygen atoms in total. The van der Waals surface area contributed by atoms with Gasteiger partial charge in [0, 0.05) is 16.1 Å². The molecule has 0 spiro atoms. The molecule has 0 aliphatic carbocycles. The number of carbonyl (C=O) groups excluding carboxylic acids is 1. The summed E-state index contributed by atoms with van der Waals surface area (Å²) in [5.74, 6) is 0.739. The van der Waals surface area contributed by atoms with Crippen LogP contribution >= 0.6 is 22.9 Å². The highest BCUT2D eigenvalue weighted by molar-refractivity contribution is 7.09. The van der Waals surface area contributed by atoms with Gasteiger partial charge in [-0.05, 0) is 55.7 Å². The molecule has 1 N–H and O–H groups in total. The maximum atomic E-state index is 12.2. The Morgan fingerprint density at radius 1 is 1.15 bits per heavy atom. The Kier molecular flexibility index (Phi) is 6.14. The van der Waals surface area contributed by atoms with Gasteiger partial charge in [0.25, 0.3) is 0 Å². The summed E-state index contributed by atoms with van der Waals surface area (Å²) in [6.45, 7) is 6.37. The molecule has 0 bridgehead atoms. The smallest absolute Gasteiger partial charge is 0.230 e. The summed E-state index contributed by atoms with van der Waals surface area (Å²) in [6, 6.07) is 11.6. The van der Waals surface area contributed by atoms with Crippen LogP contribution < -0.4 is 10.1 Å². The summed E-state index contributed by atoms with van der Waals surface area (Å²) < 4.78 is 5.87. The molecule has 27 heavy (non-hydrogen) atoms. The molecule has 0 unspecified atom stereocenters. The van der Waals surface area contributed by atoms with Crippen LogP contribution in [-0.4, -0.2) is 10.9 Å². The van der Waals surface area contributed by atoms with Crippen LogP contribution in [0.1, 0.15) is 27.4 Å². The molecule has 0 saturated carbocycles. The van der Waals surface area contributed by atoms with Crippen LogP contribution in [0.15, 0.2) is 41.8 Å². The summed E-state index contributed by atoms with van der Waals surface area (Å²) in [6.07, 6.45) is 0.214. The highest BCUT2D eigenvalue weighted by atomic mass is 35.5. The van der Waals surface area contributed by atoms with Crippen LogP contribution in [0.4, 0.5) is 5.69 Å². The average Bonchev–Trinajstić information content (AvgIpc) is 3.06. The number of rotatable bonds is 6. The third kappa shape index (κ3) is 5.31. The van der Waals surface area contributed by atoms with Crippen molar-refractivity contribution in [2.45, 2.75) is 33.8 Å². The highest BCUT2D eigenvalue weighted by Crippen LogP contribution is 2.22. The monoisotopic (exact) mass is 400 g/mol. The fourth-order valence-electron chi connectivity index (χ4n) is 2.54. The molecule has 3 rings (SSSR count). The van der Waals surface area contributed by atoms with E-state index in [0.717, 1.165) is 33.1 Å². The normalized spacial score (nSPS) is 10.7. The van der Waals surface area contributed by atoms with Crippen molar-refractivity contribution in [2.24, 2.45) is 0 Å². The van der Waals surface area contributed by atoms with Crippen LogP contribution in [0.2, 0.25) is 5.02 Å². The Balaban J connectivity index is 1.56. The van der Waals surface area contributed by atoms with Crippen molar-refractivity contribution in [2.75, 3.05) is 5.32 Å². The van der Waals surface area contributed by atoms with Crippen LogP contribution in [0, 0.1) is 20.8 Å². The quantitative estimate of drug-likeness (QED) is 0.595. The van der Waals surface area contributed by atoms with Gasteiger partial charge in [-0.3, -0.25) is 4.79 Å². The van der Waals surface area contributed by atoms with Crippen molar-refractivity contribution < 1.29 is 9.53 Å². The van der Waals surface area contributed by atoms with Gasteiger partial charge in [0.2, 0.25) is 5.91 Å². The van der Waals surface area contributed by atoms with Crippen molar-refractivity contribution in [1.29, 1.82) is 0 Å². The van der Waals surface area contributed by atoms with Crippen LogP contribution in [0.25, 0.3) is 0 Å². The van der Waals surface area contributed by atoms with Gasteiger partial charge in [-0.15, -0.1) is 11.3 Å². The lowest BCUT2D eigenvalue weighted by Gasteiger charge is -2.08. The third-order valence-electron chi connectivity index (χ3n) is 4.09. The maximum absolute atomic E-state index is 12.2. The first-order chi connectivity index (χ1) is 12.9. The summed E-state index contributed by atoms with van der Waals surface area (Å²) in [4.78, 5) is 16.7. The highest BCUT2D eigenvalue weighted by Gasteiger charge is 2.10. The van der Waals surface area contributed by atoms with Gasteiger partial charge >= 0.3 is 0 Å². The molecule has 0 radical (unpaired) electrons. The molecule has 0 fully saturated rings. The average molecular weight is 401 g/mol. The van der Waals surface area contributed by atoms with E-state index in [4.69, 9.17) is 16.3 Å². The lowest BCUT2D eigenvalue weighted by molar-refractivity contribution is -0.115. The number of anilines is 1. The van der Waals surface area contributed by atoms with Crippen LogP contribution in [0.3, 0.4) is 0 Å². The zero-order valence-corrected chi connectivity index (χ0v) is 17.1. The lowest BCUT2D eigenvalue weighted by Crippen LogP contribution is -2.14. The SMILES string of the molecule is Cc1ccc(C)c(OCc2nc(CC(=O)Nc3ccc(C)c(Cl)c3)cs2)c1. The van der Waals surface area contributed by atoms with Crippen molar-refractivity contribution in [3.05, 3.63) is 74.2 Å². The summed E-state index contributed by atoms with van der Waals surface area (Å²) in [5, 5.41) is 6.22. The molecule has 0 saturated heterocycles. The number of nitrogens with zero attached hydrogens (tertiary/aromatic N) is 1. The van der Waals surface area contributed by atoms with Crippen molar-refractivity contribution in [3.8, 4) is 5.75 Å². The van der Waals surface area contributed by atoms with E-state index in [9.17, 15) is 4.79 Å². The Morgan fingerprint density at radius 3 is 2.70 bits per heavy atom. The van der Waals surface area contributed by atoms with E-state index in [1.807, 2.05) is 50.4 Å². The largest absolute Gasteiger partial charge is 0.486 e. The third-order valence-corrected chi connectivity index (χ3v) is 5.37. The zero-order valence-electron chi connectivity index (χ0n) is 15.5. The van der Waals surface area contributed by atoms with Gasteiger partial charge < -0.3 is 10.1 Å². The van der Waals surface area contributed by atoms with Crippen LogP contribution in [-0.2, 0) is 17.8 Å². The first-order valence-corrected chi connectivity index (χ1v) is 9.86. The Labute approximate surface area is 168 Å². The molecule has 0 atom stereocenters. The number of benzene rings is 2. The van der Waals surface area contributed by atoms with E-state index >= 15 is 0 Å². The Bertz CT molecular complexity index is 969. The van der Waals surface area contributed by atoms with E-state index in [-0.39, 0.29) is 12.3 Å². The summed E-state index contributed by atoms with van der Waals surface area (Å²) in [7, 11) is 0. The number of aryl methyl sites for hydroxylation is 3. The van der Waals surface area contributed by atoms with Gasteiger partial charge in [-0.25, -0.2) is 4.98 Å². The first kappa shape index (κ1) is 19.4. The first-order valence-electron chi connectivity index (χ1n) is 8.60. The summed E-state index contributed by atoms with van der Waals surface area (Å²) >= 11 is 7.59. The lowest BCUT2D eigenvalue weighted by atomic mass is 10.1. The standard InChI is InChI=1S/C21H21ClN2O2S/c1-13-4-5-15(3)19(8-13)26-11-21-24-17(12-27-21)10-20(25)23-16-7-6-14(2)18(22)9-16/h4-9,12H,10-11H2,1-3H3,(H,23,25). The topological polar surface area (TPSA) is 51.2 Å². The second-order valence-corrected chi connectivity index (χ2v) is 7.83. The Morgan fingerprint density at radius 2 is 1.93 bits per heavy atom. The fraction of sp³-hybridized carbons (Fsp3) is 0.238. The van der Waals surface area contributed by atoms with Gasteiger partial charge in [0.15, 0.2) is 0 Å². The minimum Gasteiger partial charge on any atom is -0.486 e. The molecule has 3 aromatic rings. The van der Waals surface area contributed by atoms with Gasteiger partial charge in [-0.1, -0.05) is 29.8 Å². The number of thiazole rings is 1. The van der Waals surface area contributed by atoms with E-state index in [0.29, 0.717) is 17.3 Å². The molecule has 1 amide bonds. The molecular weight excluding hydrogens is 380 g/mol. The number of halogens is 1. The van der Waals surface area contributed by atoms with E-state index in [2.05, 4.69) is 16.4 Å². The van der Waals surface area contributed by atoms with Gasteiger partial charge in [0.05, 0.1) is 12.1 Å². The van der Waals surface area contributed by atoms with E-state index in [1.165, 1.54) is 11.3 Å². The number of ether oxygens (including phenoxy) is 1. The molecule has 0 aliphatic heterocycles. The predicted molar refractivity (Wildman–Crippen MR) is 111 cm³/mol. The molecule has 0 aliphatic rings. The number of hydrogen-bond donors (Lipinski definition) is 1. The van der Waals surface area contributed by atoms with Crippen molar-refractivity contribution >= 4 is 34.5 Å². The van der Waals surface area contributed by atoms with E-state index < -0.39 is 0 Å². The molecule has 140 valence electrons. The second kappa shape index (κ2) is 8.55. The molecule has 1 heterocycles. The molecule has 1 aromatic heterocycles. The van der Waals surface area contributed by atoms with E-state index in [1.54, 1.807) is 6.07 Å². The number of hydrogen-bond acceptors (Lipinski definition) is 4. The van der Waals surface area contributed by atoms with Gasteiger partial charge in [-0.2, -0.15) is 0 Å². The minimum absolute atomic E-state index is 0.123. The Hall–Kier alpha value is -2.37. The fourth-order valence-corrected chi connectivity index (χ4v) is 3.42. The minimum atomic E-state index is -0.123.